The van der Waals surface area contributed by atoms with Crippen molar-refractivity contribution in [3.63, 3.8) is 0 Å². The number of fused-ring (bicyclic) bond motifs is 1. The zero-order valence-corrected chi connectivity index (χ0v) is 14.8. The Morgan fingerprint density at radius 3 is 2.52 bits per heavy atom. The molecule has 0 aromatic heterocycles. The van der Waals surface area contributed by atoms with E-state index in [0.29, 0.717) is 6.61 Å². The van der Waals surface area contributed by atoms with Gasteiger partial charge >= 0.3 is 0 Å². The van der Waals surface area contributed by atoms with E-state index in [-0.39, 0.29) is 0 Å². The van der Waals surface area contributed by atoms with Gasteiger partial charge in [-0.3, -0.25) is 0 Å². The van der Waals surface area contributed by atoms with Crippen molar-refractivity contribution in [1.29, 1.82) is 0 Å². The fourth-order valence-corrected chi connectivity index (χ4v) is 3.43. The van der Waals surface area contributed by atoms with E-state index in [1.165, 1.54) is 5.56 Å². The first-order chi connectivity index (χ1) is 12.3. The molecular weight excluding hydrogens is 328 g/mol. The van der Waals surface area contributed by atoms with Crippen LogP contribution in [0.1, 0.15) is 16.7 Å². The highest BCUT2D eigenvalue weighted by Crippen LogP contribution is 2.41. The number of thioether (sulfide) groups is 1. The smallest absolute Gasteiger partial charge is 0.141 e. The fraction of sp³-hybridized carbons (Fsp3) is 0.0909. The average Bonchev–Trinajstić information content (AvgIpc) is 2.67. The van der Waals surface area contributed by atoms with Crippen molar-refractivity contribution >= 4 is 17.5 Å². The van der Waals surface area contributed by atoms with Crippen LogP contribution in [-0.2, 0) is 6.61 Å². The molecule has 0 fully saturated rings. The summed E-state index contributed by atoms with van der Waals surface area (Å²) in [6.07, 6.45) is 0. The van der Waals surface area contributed by atoms with Crippen molar-refractivity contribution < 1.29 is 9.47 Å². The molecular formula is C22H18O2S. The Morgan fingerprint density at radius 2 is 1.72 bits per heavy atom. The number of ether oxygens (including phenoxy) is 2. The monoisotopic (exact) mass is 346 g/mol. The van der Waals surface area contributed by atoms with Crippen LogP contribution in [0.2, 0.25) is 0 Å². The maximum atomic E-state index is 6.06. The van der Waals surface area contributed by atoms with Crippen LogP contribution in [0.25, 0.3) is 5.76 Å². The van der Waals surface area contributed by atoms with Crippen LogP contribution in [0, 0.1) is 6.92 Å². The molecule has 2 nitrogen and oxygen atoms in total. The number of benzene rings is 3. The molecule has 3 aromatic rings. The van der Waals surface area contributed by atoms with Crippen LogP contribution in [0.15, 0.2) is 83.1 Å². The van der Waals surface area contributed by atoms with Gasteiger partial charge in [0.05, 0.1) is 4.90 Å². The van der Waals surface area contributed by atoms with Gasteiger partial charge in [-0.2, -0.15) is 0 Å². The third-order valence-electron chi connectivity index (χ3n) is 4.01. The molecule has 1 aliphatic rings. The largest absolute Gasteiger partial charge is 0.489 e. The lowest BCUT2D eigenvalue weighted by Crippen LogP contribution is -2.00. The van der Waals surface area contributed by atoms with Crippen molar-refractivity contribution in [1.82, 2.24) is 0 Å². The third-order valence-corrected chi connectivity index (χ3v) is 4.92. The predicted octanol–water partition coefficient (Wildman–Crippen LogP) is 6.06. The highest BCUT2D eigenvalue weighted by molar-refractivity contribution is 8.02. The van der Waals surface area contributed by atoms with Crippen molar-refractivity contribution in [3.8, 4) is 11.5 Å². The van der Waals surface area contributed by atoms with E-state index >= 15 is 0 Å². The zero-order valence-electron chi connectivity index (χ0n) is 13.9. The van der Waals surface area contributed by atoms with Gasteiger partial charge in [-0.05, 0) is 30.7 Å². The molecule has 124 valence electrons. The van der Waals surface area contributed by atoms with Gasteiger partial charge in [0.1, 0.15) is 23.9 Å². The summed E-state index contributed by atoms with van der Waals surface area (Å²) in [6.45, 7) is 2.65. The summed E-state index contributed by atoms with van der Waals surface area (Å²) in [5.41, 5.74) is 3.49. The second kappa shape index (κ2) is 7.08. The SMILES string of the molecule is Cc1ccc(C2=CSc3cc(OCc4ccccc4)ccc3O2)cc1. The van der Waals surface area contributed by atoms with E-state index in [9.17, 15) is 0 Å². The minimum absolute atomic E-state index is 0.565. The molecule has 0 saturated heterocycles. The normalized spacial score (nSPS) is 12.8. The lowest BCUT2D eigenvalue weighted by Gasteiger charge is -2.19. The Morgan fingerprint density at radius 1 is 0.920 bits per heavy atom. The van der Waals surface area contributed by atoms with Crippen LogP contribution >= 0.6 is 11.8 Å². The van der Waals surface area contributed by atoms with Crippen molar-refractivity contribution in [2.45, 2.75) is 18.4 Å². The van der Waals surface area contributed by atoms with Crippen molar-refractivity contribution in [2.75, 3.05) is 0 Å². The molecule has 0 bridgehead atoms. The molecule has 3 heteroatoms. The van der Waals surface area contributed by atoms with Gasteiger partial charge in [0.2, 0.25) is 0 Å². The number of aryl methyl sites for hydroxylation is 1. The summed E-state index contributed by atoms with van der Waals surface area (Å²) in [5, 5.41) is 2.05. The van der Waals surface area contributed by atoms with E-state index in [1.807, 2.05) is 41.8 Å². The predicted molar refractivity (Wildman–Crippen MR) is 103 cm³/mol. The third kappa shape index (κ3) is 3.72. The molecule has 0 unspecified atom stereocenters. The van der Waals surface area contributed by atoms with Gasteiger partial charge in [0.25, 0.3) is 0 Å². The molecule has 1 aliphatic heterocycles. The molecule has 4 rings (SSSR count). The number of rotatable bonds is 4. The first-order valence-electron chi connectivity index (χ1n) is 8.20. The molecule has 0 spiro atoms. The molecule has 25 heavy (non-hydrogen) atoms. The minimum atomic E-state index is 0.565. The minimum Gasteiger partial charge on any atom is -0.489 e. The van der Waals surface area contributed by atoms with Gasteiger partial charge in [-0.1, -0.05) is 71.9 Å². The molecule has 0 saturated carbocycles. The lowest BCUT2D eigenvalue weighted by molar-refractivity contribution is 0.305. The Bertz CT molecular complexity index is 899. The van der Waals surface area contributed by atoms with Crippen molar-refractivity contribution in [3.05, 3.63) is 94.9 Å². The van der Waals surface area contributed by atoms with E-state index in [0.717, 1.165) is 33.3 Å². The Kier molecular flexibility index (Phi) is 4.49. The summed E-state index contributed by atoms with van der Waals surface area (Å²) in [7, 11) is 0. The van der Waals surface area contributed by atoms with Gasteiger partial charge in [0.15, 0.2) is 0 Å². The van der Waals surface area contributed by atoms with Crippen LogP contribution in [-0.4, -0.2) is 0 Å². The lowest BCUT2D eigenvalue weighted by atomic mass is 10.1. The van der Waals surface area contributed by atoms with Gasteiger partial charge < -0.3 is 9.47 Å². The first kappa shape index (κ1) is 15.9. The molecule has 0 amide bonds. The Labute approximate surface area is 152 Å². The van der Waals surface area contributed by atoms with Crippen LogP contribution < -0.4 is 9.47 Å². The van der Waals surface area contributed by atoms with Gasteiger partial charge in [-0.15, -0.1) is 0 Å². The van der Waals surface area contributed by atoms with E-state index in [1.54, 1.807) is 11.8 Å². The summed E-state index contributed by atoms with van der Waals surface area (Å²) < 4.78 is 12.0. The number of hydrogen-bond acceptors (Lipinski definition) is 3. The van der Waals surface area contributed by atoms with E-state index in [2.05, 4.69) is 43.3 Å². The average molecular weight is 346 g/mol. The molecule has 1 heterocycles. The summed E-state index contributed by atoms with van der Waals surface area (Å²) in [4.78, 5) is 1.07. The summed E-state index contributed by atoms with van der Waals surface area (Å²) in [5.74, 6) is 2.61. The summed E-state index contributed by atoms with van der Waals surface area (Å²) >= 11 is 1.66. The molecule has 0 N–H and O–H groups in total. The molecule has 3 aromatic carbocycles. The maximum Gasteiger partial charge on any atom is 0.141 e. The fourth-order valence-electron chi connectivity index (χ4n) is 2.60. The molecule has 0 aliphatic carbocycles. The molecule has 0 radical (unpaired) electrons. The van der Waals surface area contributed by atoms with E-state index in [4.69, 9.17) is 9.47 Å². The Balaban J connectivity index is 1.47. The molecule has 0 atom stereocenters. The second-order valence-corrected chi connectivity index (χ2v) is 6.86. The summed E-state index contributed by atoms with van der Waals surface area (Å²) in [6, 6.07) is 24.5. The van der Waals surface area contributed by atoms with E-state index < -0.39 is 0 Å². The van der Waals surface area contributed by atoms with Crippen LogP contribution in [0.5, 0.6) is 11.5 Å². The standard InChI is InChI=1S/C22H18O2S/c1-16-7-9-18(10-8-16)21-15-25-22-13-19(11-12-20(22)24-21)23-14-17-5-3-2-4-6-17/h2-13,15H,14H2,1H3. The highest BCUT2D eigenvalue weighted by atomic mass is 32.2. The van der Waals surface area contributed by atoms with Crippen LogP contribution in [0.4, 0.5) is 0 Å². The first-order valence-corrected chi connectivity index (χ1v) is 9.08. The second-order valence-electron chi connectivity index (χ2n) is 5.95. The van der Waals surface area contributed by atoms with Crippen LogP contribution in [0.3, 0.4) is 0 Å². The highest BCUT2D eigenvalue weighted by Gasteiger charge is 2.15. The maximum absolute atomic E-state index is 6.06. The zero-order chi connectivity index (χ0) is 17.1. The Hall–Kier alpha value is -2.65. The number of hydrogen-bond donors (Lipinski definition) is 0. The van der Waals surface area contributed by atoms with Gasteiger partial charge in [-0.25, -0.2) is 0 Å². The quantitative estimate of drug-likeness (QED) is 0.572. The van der Waals surface area contributed by atoms with Crippen molar-refractivity contribution in [2.24, 2.45) is 0 Å². The topological polar surface area (TPSA) is 18.5 Å². The van der Waals surface area contributed by atoms with Gasteiger partial charge in [0, 0.05) is 11.0 Å².